The molecular formula is C23H25ClN2O4. The van der Waals surface area contributed by atoms with Crippen molar-refractivity contribution in [1.29, 1.82) is 0 Å². The Kier molecular flexibility index (Phi) is 6.80. The number of nitrogens with one attached hydrogen (secondary N) is 1. The van der Waals surface area contributed by atoms with Crippen molar-refractivity contribution in [3.05, 3.63) is 64.3 Å². The van der Waals surface area contributed by atoms with Crippen molar-refractivity contribution in [3.63, 3.8) is 0 Å². The standard InChI is InChI=1S/C23H25ClN2O4/c1-14(2)30-18-8-5-16(6-9-18)20-21(23(28)26(22(20)27)11-12-29-4)25-19-10-7-17(24)13-15(19)3/h5-10,13-14,25H,11-12H2,1-4H3. The molecular weight excluding hydrogens is 404 g/mol. The maximum absolute atomic E-state index is 13.1. The highest BCUT2D eigenvalue weighted by molar-refractivity contribution is 6.36. The average molecular weight is 429 g/mol. The largest absolute Gasteiger partial charge is 0.491 e. The van der Waals surface area contributed by atoms with Gasteiger partial charge in [0.05, 0.1) is 24.8 Å². The number of rotatable bonds is 8. The summed E-state index contributed by atoms with van der Waals surface area (Å²) in [5.41, 5.74) is 2.77. The van der Waals surface area contributed by atoms with Crippen molar-refractivity contribution in [2.75, 3.05) is 25.6 Å². The summed E-state index contributed by atoms with van der Waals surface area (Å²) in [4.78, 5) is 27.4. The number of carbonyl (C=O) groups excluding carboxylic acids is 2. The lowest BCUT2D eigenvalue weighted by atomic mass is 10.0. The summed E-state index contributed by atoms with van der Waals surface area (Å²) in [6.45, 7) is 6.21. The number of methoxy groups -OCH3 is 1. The van der Waals surface area contributed by atoms with E-state index in [9.17, 15) is 9.59 Å². The Morgan fingerprint density at radius 3 is 2.37 bits per heavy atom. The van der Waals surface area contributed by atoms with E-state index in [4.69, 9.17) is 21.1 Å². The van der Waals surface area contributed by atoms with E-state index in [1.165, 1.54) is 12.0 Å². The van der Waals surface area contributed by atoms with E-state index in [0.29, 0.717) is 27.6 Å². The highest BCUT2D eigenvalue weighted by atomic mass is 35.5. The fourth-order valence-corrected chi connectivity index (χ4v) is 3.45. The second-order valence-electron chi connectivity index (χ2n) is 7.28. The van der Waals surface area contributed by atoms with Gasteiger partial charge in [-0.15, -0.1) is 0 Å². The number of hydrogen-bond acceptors (Lipinski definition) is 5. The van der Waals surface area contributed by atoms with Crippen LogP contribution in [0.4, 0.5) is 5.69 Å². The van der Waals surface area contributed by atoms with Crippen LogP contribution in [0.25, 0.3) is 5.57 Å². The minimum absolute atomic E-state index is 0.0411. The molecule has 0 bridgehead atoms. The molecule has 0 saturated carbocycles. The van der Waals surface area contributed by atoms with Gasteiger partial charge in [-0.2, -0.15) is 0 Å². The van der Waals surface area contributed by atoms with Crippen molar-refractivity contribution in [3.8, 4) is 5.75 Å². The molecule has 0 unspecified atom stereocenters. The lowest BCUT2D eigenvalue weighted by Gasteiger charge is -2.15. The number of imide groups is 1. The van der Waals surface area contributed by atoms with Gasteiger partial charge < -0.3 is 14.8 Å². The van der Waals surface area contributed by atoms with Crippen LogP contribution in [0.5, 0.6) is 5.75 Å². The number of ether oxygens (including phenoxy) is 2. The summed E-state index contributed by atoms with van der Waals surface area (Å²) in [7, 11) is 1.53. The van der Waals surface area contributed by atoms with Crippen LogP contribution in [-0.4, -0.2) is 43.1 Å². The van der Waals surface area contributed by atoms with Gasteiger partial charge in [-0.1, -0.05) is 23.7 Å². The van der Waals surface area contributed by atoms with Gasteiger partial charge in [0.25, 0.3) is 11.8 Å². The number of aryl methyl sites for hydroxylation is 1. The lowest BCUT2D eigenvalue weighted by Crippen LogP contribution is -2.35. The van der Waals surface area contributed by atoms with Gasteiger partial charge in [0.1, 0.15) is 11.4 Å². The fourth-order valence-electron chi connectivity index (χ4n) is 3.22. The van der Waals surface area contributed by atoms with E-state index in [1.807, 2.05) is 20.8 Å². The van der Waals surface area contributed by atoms with Gasteiger partial charge in [0.15, 0.2) is 0 Å². The molecule has 1 aliphatic rings. The molecule has 0 aromatic heterocycles. The van der Waals surface area contributed by atoms with E-state index in [2.05, 4.69) is 5.32 Å². The Labute approximate surface area is 181 Å². The van der Waals surface area contributed by atoms with Gasteiger partial charge in [-0.05, 0) is 62.2 Å². The fraction of sp³-hybridized carbons (Fsp3) is 0.304. The van der Waals surface area contributed by atoms with Crippen LogP contribution in [0, 0.1) is 6.92 Å². The quantitative estimate of drug-likeness (QED) is 0.636. The molecule has 0 spiro atoms. The predicted octanol–water partition coefficient (Wildman–Crippen LogP) is 4.27. The van der Waals surface area contributed by atoms with Crippen molar-refractivity contribution in [2.45, 2.75) is 26.9 Å². The lowest BCUT2D eigenvalue weighted by molar-refractivity contribution is -0.137. The molecule has 1 aliphatic heterocycles. The van der Waals surface area contributed by atoms with Crippen LogP contribution >= 0.6 is 11.6 Å². The first-order valence-electron chi connectivity index (χ1n) is 9.71. The first-order chi connectivity index (χ1) is 14.3. The second-order valence-corrected chi connectivity index (χ2v) is 7.72. The van der Waals surface area contributed by atoms with Crippen molar-refractivity contribution < 1.29 is 19.1 Å². The van der Waals surface area contributed by atoms with E-state index in [0.717, 1.165) is 5.56 Å². The van der Waals surface area contributed by atoms with Crippen LogP contribution in [0.3, 0.4) is 0 Å². The first-order valence-corrected chi connectivity index (χ1v) is 10.1. The molecule has 1 heterocycles. The van der Waals surface area contributed by atoms with Crippen molar-refractivity contribution >= 4 is 34.7 Å². The van der Waals surface area contributed by atoms with Crippen LogP contribution in [0.15, 0.2) is 48.2 Å². The third kappa shape index (κ3) is 4.66. The minimum Gasteiger partial charge on any atom is -0.491 e. The molecule has 0 radical (unpaired) electrons. The normalized spacial score (nSPS) is 14.1. The summed E-state index contributed by atoms with van der Waals surface area (Å²) < 4.78 is 10.7. The molecule has 0 atom stereocenters. The molecule has 0 saturated heterocycles. The Morgan fingerprint density at radius 2 is 1.77 bits per heavy atom. The van der Waals surface area contributed by atoms with Gasteiger partial charge in [-0.3, -0.25) is 14.5 Å². The van der Waals surface area contributed by atoms with Gasteiger partial charge in [0, 0.05) is 17.8 Å². The van der Waals surface area contributed by atoms with Crippen molar-refractivity contribution in [1.82, 2.24) is 4.90 Å². The molecule has 0 fully saturated rings. The molecule has 2 aromatic carbocycles. The molecule has 1 N–H and O–H groups in total. The second kappa shape index (κ2) is 9.32. The number of hydrogen-bond donors (Lipinski definition) is 1. The summed E-state index contributed by atoms with van der Waals surface area (Å²) in [5.74, 6) is -0.0435. The zero-order valence-electron chi connectivity index (χ0n) is 17.5. The van der Waals surface area contributed by atoms with Crippen molar-refractivity contribution in [2.24, 2.45) is 0 Å². The monoisotopic (exact) mass is 428 g/mol. The summed E-state index contributed by atoms with van der Waals surface area (Å²) >= 11 is 6.05. The van der Waals surface area contributed by atoms with Crippen LogP contribution in [0.2, 0.25) is 5.02 Å². The first kappa shape index (κ1) is 21.9. The maximum atomic E-state index is 13.1. The van der Waals surface area contributed by atoms with Gasteiger partial charge >= 0.3 is 0 Å². The van der Waals surface area contributed by atoms with Crippen LogP contribution in [0.1, 0.15) is 25.0 Å². The number of carbonyl (C=O) groups is 2. The minimum atomic E-state index is -0.385. The highest BCUT2D eigenvalue weighted by Gasteiger charge is 2.39. The Morgan fingerprint density at radius 1 is 1.07 bits per heavy atom. The summed E-state index contributed by atoms with van der Waals surface area (Å²) in [5, 5.41) is 3.76. The molecule has 3 rings (SSSR count). The van der Waals surface area contributed by atoms with Crippen LogP contribution in [-0.2, 0) is 14.3 Å². The third-order valence-corrected chi connectivity index (χ3v) is 4.89. The van der Waals surface area contributed by atoms with Gasteiger partial charge in [0.2, 0.25) is 0 Å². The number of benzene rings is 2. The Bertz CT molecular complexity index is 983. The summed E-state index contributed by atoms with van der Waals surface area (Å²) in [6, 6.07) is 12.5. The summed E-state index contributed by atoms with van der Waals surface area (Å²) in [6.07, 6.45) is 0.0411. The molecule has 7 heteroatoms. The van der Waals surface area contributed by atoms with E-state index in [1.54, 1.807) is 42.5 Å². The van der Waals surface area contributed by atoms with E-state index < -0.39 is 0 Å². The zero-order valence-corrected chi connectivity index (χ0v) is 18.2. The predicted molar refractivity (Wildman–Crippen MR) is 118 cm³/mol. The number of amides is 2. The number of anilines is 1. The Balaban J connectivity index is 2.01. The smallest absolute Gasteiger partial charge is 0.278 e. The highest BCUT2D eigenvalue weighted by Crippen LogP contribution is 2.32. The zero-order chi connectivity index (χ0) is 21.8. The van der Waals surface area contributed by atoms with E-state index in [-0.39, 0.29) is 36.8 Å². The van der Waals surface area contributed by atoms with E-state index >= 15 is 0 Å². The molecule has 0 aliphatic carbocycles. The van der Waals surface area contributed by atoms with Gasteiger partial charge in [-0.25, -0.2) is 0 Å². The third-order valence-electron chi connectivity index (χ3n) is 4.65. The molecule has 158 valence electrons. The number of nitrogens with zero attached hydrogens (tertiary/aromatic N) is 1. The molecule has 6 nitrogen and oxygen atoms in total. The topological polar surface area (TPSA) is 67.9 Å². The maximum Gasteiger partial charge on any atom is 0.278 e. The molecule has 2 aromatic rings. The van der Waals surface area contributed by atoms with Crippen LogP contribution < -0.4 is 10.1 Å². The average Bonchev–Trinajstić information content (AvgIpc) is 2.92. The molecule has 30 heavy (non-hydrogen) atoms. The molecule has 2 amide bonds. The Hall–Kier alpha value is -2.83. The SMILES string of the molecule is COCCN1C(=O)C(Nc2ccc(Cl)cc2C)=C(c2ccc(OC(C)C)cc2)C1=O. The number of halogens is 1.